The van der Waals surface area contributed by atoms with Crippen molar-refractivity contribution in [3.8, 4) is 0 Å². The van der Waals surface area contributed by atoms with E-state index in [1.807, 2.05) is 17.7 Å². The molecule has 0 unspecified atom stereocenters. The first-order chi connectivity index (χ1) is 6.29. The summed E-state index contributed by atoms with van der Waals surface area (Å²) in [5.41, 5.74) is 2.89. The summed E-state index contributed by atoms with van der Waals surface area (Å²) in [7, 11) is 0. The van der Waals surface area contributed by atoms with Crippen molar-refractivity contribution >= 4 is 29.0 Å². The van der Waals surface area contributed by atoms with Crippen molar-refractivity contribution in [2.24, 2.45) is 10.9 Å². The molecule has 1 aliphatic heterocycles. The Bertz CT molecular complexity index is 487. The van der Waals surface area contributed by atoms with Gasteiger partial charge in [-0.15, -0.1) is 11.3 Å². The summed E-state index contributed by atoms with van der Waals surface area (Å²) in [4.78, 5) is 8.58. The highest BCUT2D eigenvalue weighted by atomic mass is 32.1. The van der Waals surface area contributed by atoms with E-state index in [4.69, 9.17) is 0 Å². The summed E-state index contributed by atoms with van der Waals surface area (Å²) >= 11 is 1.64. The molecule has 0 aromatic carbocycles. The molecule has 0 amide bonds. The van der Waals surface area contributed by atoms with Gasteiger partial charge in [0.2, 0.25) is 0 Å². The van der Waals surface area contributed by atoms with E-state index in [-0.39, 0.29) is 0 Å². The maximum absolute atomic E-state index is 4.32. The van der Waals surface area contributed by atoms with Gasteiger partial charge in [-0.05, 0) is 17.9 Å². The Hall–Kier alpha value is -1.18. The summed E-state index contributed by atoms with van der Waals surface area (Å²) in [5.74, 6) is 3.28. The van der Waals surface area contributed by atoms with E-state index < -0.39 is 0 Å². The molecule has 1 aromatic rings. The average molecular weight is 190 g/mol. The quantitative estimate of drug-likeness (QED) is 0.646. The average Bonchev–Trinajstić information content (AvgIpc) is 2.44. The summed E-state index contributed by atoms with van der Waals surface area (Å²) < 4.78 is 1.18. The Morgan fingerprint density at radius 2 is 2.31 bits per heavy atom. The van der Waals surface area contributed by atoms with Gasteiger partial charge in [0.25, 0.3) is 0 Å². The molecule has 0 atom stereocenters. The molecule has 0 radical (unpaired) electrons. The lowest BCUT2D eigenvalue weighted by molar-refractivity contribution is 0.830. The zero-order valence-corrected chi connectivity index (χ0v) is 8.43. The van der Waals surface area contributed by atoms with Crippen LogP contribution in [0.15, 0.2) is 16.6 Å². The molecule has 2 heterocycles. The number of aliphatic imine (C=N–C) groups is 1. The summed E-state index contributed by atoms with van der Waals surface area (Å²) in [6.07, 6.45) is 3.85. The minimum Gasteiger partial charge on any atom is -0.243 e. The second-order valence-corrected chi connectivity index (χ2v) is 4.07. The molecule has 0 aliphatic carbocycles. The lowest BCUT2D eigenvalue weighted by Crippen LogP contribution is -2.24. The van der Waals surface area contributed by atoms with Crippen molar-refractivity contribution in [2.75, 3.05) is 0 Å². The summed E-state index contributed by atoms with van der Waals surface area (Å²) in [6.45, 7) is 4.24. The molecule has 1 aliphatic rings. The third kappa shape index (κ3) is 1.48. The highest BCUT2D eigenvalue weighted by molar-refractivity contribution is 7.07. The topological polar surface area (TPSA) is 25.2 Å². The van der Waals surface area contributed by atoms with E-state index in [1.54, 1.807) is 11.3 Å². The van der Waals surface area contributed by atoms with Crippen LogP contribution in [0, 0.1) is 5.92 Å². The number of rotatable bonds is 1. The van der Waals surface area contributed by atoms with Gasteiger partial charge in [0, 0.05) is 6.08 Å². The fourth-order valence-corrected chi connectivity index (χ4v) is 1.93. The largest absolute Gasteiger partial charge is 0.243 e. The Balaban J connectivity index is 2.85. The lowest BCUT2D eigenvalue weighted by Gasteiger charge is -2.00. The smallest absolute Gasteiger partial charge is 0.104 e. The van der Waals surface area contributed by atoms with Gasteiger partial charge in [-0.25, -0.2) is 9.98 Å². The Kier molecular flexibility index (Phi) is 2.13. The van der Waals surface area contributed by atoms with Crippen LogP contribution < -0.4 is 9.88 Å². The third-order valence-corrected chi connectivity index (χ3v) is 2.67. The fraction of sp³-hybridized carbons (Fsp3) is 0.300. The fourth-order valence-electron chi connectivity index (χ4n) is 1.24. The molecule has 3 heteroatoms. The van der Waals surface area contributed by atoms with E-state index in [9.17, 15) is 0 Å². The summed E-state index contributed by atoms with van der Waals surface area (Å²) in [5, 5.41) is 1.02. The highest BCUT2D eigenvalue weighted by Gasteiger charge is 2.05. The molecule has 2 rings (SSSR count). The highest BCUT2D eigenvalue weighted by Crippen LogP contribution is 2.09. The van der Waals surface area contributed by atoms with Gasteiger partial charge < -0.3 is 0 Å². The Labute approximate surface area is 80.7 Å². The maximum atomic E-state index is 4.32. The zero-order valence-electron chi connectivity index (χ0n) is 7.61. The van der Waals surface area contributed by atoms with E-state index in [2.05, 4.69) is 29.7 Å². The van der Waals surface area contributed by atoms with Crippen LogP contribution >= 0.6 is 11.3 Å². The first-order valence-electron chi connectivity index (χ1n) is 4.22. The van der Waals surface area contributed by atoms with E-state index in [0.29, 0.717) is 5.92 Å². The van der Waals surface area contributed by atoms with E-state index in [0.717, 1.165) is 11.0 Å². The Morgan fingerprint density at radius 1 is 1.46 bits per heavy atom. The van der Waals surface area contributed by atoms with E-state index in [1.165, 1.54) is 4.53 Å². The van der Waals surface area contributed by atoms with Crippen molar-refractivity contribution in [2.45, 2.75) is 13.8 Å². The van der Waals surface area contributed by atoms with E-state index >= 15 is 0 Å². The summed E-state index contributed by atoms with van der Waals surface area (Å²) in [6, 6.07) is 0. The molecule has 0 N–H and O–H groups in total. The van der Waals surface area contributed by atoms with Crippen LogP contribution in [0.25, 0.3) is 11.8 Å². The molecule has 2 nitrogen and oxygen atoms in total. The van der Waals surface area contributed by atoms with Crippen LogP contribution in [-0.4, -0.2) is 10.9 Å². The van der Waals surface area contributed by atoms with Crippen LogP contribution in [0.3, 0.4) is 0 Å². The predicted molar refractivity (Wildman–Crippen MR) is 56.1 cm³/mol. The van der Waals surface area contributed by atoms with Gasteiger partial charge in [-0.2, -0.15) is 0 Å². The minimum absolute atomic E-state index is 0.397. The van der Waals surface area contributed by atoms with Crippen LogP contribution in [0.4, 0.5) is 0 Å². The molecule has 0 saturated heterocycles. The normalized spacial score (nSPS) is 14.2. The standard InChI is InChI=1S/C10H10N2S/c1-7(2)9-10-8(13-6-12-10)4-3-5-11-9/h3-4,6-7H,1-2H3. The van der Waals surface area contributed by atoms with Crippen LogP contribution in [0.5, 0.6) is 0 Å². The molecule has 0 spiro atoms. The molecule has 66 valence electrons. The van der Waals surface area contributed by atoms with Crippen LogP contribution in [0.1, 0.15) is 13.8 Å². The first-order valence-corrected chi connectivity index (χ1v) is 5.10. The number of fused-ring (bicyclic) bond motifs is 1. The molecule has 0 bridgehead atoms. The zero-order chi connectivity index (χ0) is 9.26. The number of nitrogens with zero attached hydrogens (tertiary/aromatic N) is 2. The maximum Gasteiger partial charge on any atom is 0.104 e. The number of thiazole rings is 1. The van der Waals surface area contributed by atoms with Gasteiger partial charge in [0.05, 0.1) is 15.7 Å². The van der Waals surface area contributed by atoms with Crippen LogP contribution in [-0.2, 0) is 0 Å². The molecule has 1 aromatic heterocycles. The van der Waals surface area contributed by atoms with Crippen molar-refractivity contribution in [1.29, 1.82) is 0 Å². The van der Waals surface area contributed by atoms with Crippen molar-refractivity contribution in [3.63, 3.8) is 0 Å². The Morgan fingerprint density at radius 3 is 3.08 bits per heavy atom. The number of allylic oxidation sites excluding steroid dienone is 1. The minimum atomic E-state index is 0.397. The molecular weight excluding hydrogens is 180 g/mol. The van der Waals surface area contributed by atoms with Gasteiger partial charge >= 0.3 is 0 Å². The molecule has 13 heavy (non-hydrogen) atoms. The number of hydrogen-bond acceptors (Lipinski definition) is 3. The van der Waals surface area contributed by atoms with Crippen LogP contribution in [0.2, 0.25) is 0 Å². The first kappa shape index (κ1) is 8.42. The monoisotopic (exact) mass is 190 g/mol. The molecule has 0 saturated carbocycles. The van der Waals surface area contributed by atoms with Gasteiger partial charge in [-0.3, -0.25) is 0 Å². The van der Waals surface area contributed by atoms with Gasteiger partial charge in [-0.1, -0.05) is 13.8 Å². The third-order valence-electron chi connectivity index (χ3n) is 1.88. The van der Waals surface area contributed by atoms with Gasteiger partial charge in [0.1, 0.15) is 5.35 Å². The predicted octanol–water partition coefficient (Wildman–Crippen LogP) is 0.927. The van der Waals surface area contributed by atoms with Gasteiger partial charge in [0.15, 0.2) is 0 Å². The second kappa shape index (κ2) is 3.29. The van der Waals surface area contributed by atoms with Crippen molar-refractivity contribution in [1.82, 2.24) is 4.98 Å². The number of aromatic nitrogens is 1. The van der Waals surface area contributed by atoms with Crippen molar-refractivity contribution in [3.05, 3.63) is 21.5 Å². The second-order valence-electron chi connectivity index (χ2n) is 3.18. The van der Waals surface area contributed by atoms with Crippen molar-refractivity contribution < 1.29 is 0 Å². The molecule has 0 fully saturated rings. The molecular formula is C10H10N2S. The number of hydrogen-bond donors (Lipinski definition) is 0. The SMILES string of the molecule is CC(C)C1=c2ncsc2=CC=C=N1. The lowest BCUT2D eigenvalue weighted by atomic mass is 10.1.